The zero-order valence-electron chi connectivity index (χ0n) is 11.6. The van der Waals surface area contributed by atoms with Crippen molar-refractivity contribution in [2.75, 3.05) is 5.32 Å². The fourth-order valence-corrected chi connectivity index (χ4v) is 2.61. The number of carbonyl (C=O) groups is 2. The number of rotatable bonds is 2. The molecule has 2 rings (SSSR count). The summed E-state index contributed by atoms with van der Waals surface area (Å²) in [6, 6.07) is 8.30. The first-order valence-corrected chi connectivity index (χ1v) is 7.12. The first-order chi connectivity index (χ1) is 10.5. The van der Waals surface area contributed by atoms with Crippen LogP contribution in [0.1, 0.15) is 31.2 Å². The number of nitriles is 2. The minimum Gasteiger partial charge on any atom is -0.329 e. The molecular weight excluding hydrogens is 304 g/mol. The van der Waals surface area contributed by atoms with E-state index in [2.05, 4.69) is 16.7 Å². The Hall–Kier alpha value is -2.57. The van der Waals surface area contributed by atoms with Crippen LogP contribution in [0.4, 0.5) is 5.69 Å². The Labute approximate surface area is 132 Å². The Kier molecular flexibility index (Phi) is 4.65. The molecule has 7 heteroatoms. The summed E-state index contributed by atoms with van der Waals surface area (Å²) in [5.41, 5.74) is -0.364. The number of amides is 2. The van der Waals surface area contributed by atoms with Crippen LogP contribution in [0.3, 0.4) is 0 Å². The van der Waals surface area contributed by atoms with Crippen molar-refractivity contribution in [3.05, 3.63) is 28.8 Å². The quantitative estimate of drug-likeness (QED) is 0.815. The van der Waals surface area contributed by atoms with Crippen molar-refractivity contribution in [3.8, 4) is 12.1 Å². The van der Waals surface area contributed by atoms with Crippen LogP contribution in [0.25, 0.3) is 0 Å². The fourth-order valence-electron chi connectivity index (χ4n) is 2.39. The molecule has 0 saturated heterocycles. The number of halogens is 1. The molecule has 112 valence electrons. The SMILES string of the molecule is N#Cc1ccc(NC(=O)C(=O)NC2(C#N)CCCC2)cc1Cl. The molecule has 0 bridgehead atoms. The third-order valence-corrected chi connectivity index (χ3v) is 3.89. The van der Waals surface area contributed by atoms with Gasteiger partial charge < -0.3 is 10.6 Å². The van der Waals surface area contributed by atoms with Crippen molar-refractivity contribution in [2.45, 2.75) is 31.2 Å². The van der Waals surface area contributed by atoms with Crippen molar-refractivity contribution in [3.63, 3.8) is 0 Å². The maximum Gasteiger partial charge on any atom is 0.313 e. The molecule has 0 spiro atoms. The van der Waals surface area contributed by atoms with Crippen LogP contribution in [0.15, 0.2) is 18.2 Å². The van der Waals surface area contributed by atoms with Gasteiger partial charge >= 0.3 is 11.8 Å². The van der Waals surface area contributed by atoms with E-state index in [1.165, 1.54) is 18.2 Å². The van der Waals surface area contributed by atoms with Gasteiger partial charge in [-0.1, -0.05) is 11.6 Å². The van der Waals surface area contributed by atoms with Crippen molar-refractivity contribution < 1.29 is 9.59 Å². The second kappa shape index (κ2) is 6.46. The zero-order valence-corrected chi connectivity index (χ0v) is 12.4. The molecule has 22 heavy (non-hydrogen) atoms. The molecule has 0 heterocycles. The Morgan fingerprint density at radius 3 is 2.41 bits per heavy atom. The first kappa shape index (κ1) is 15.8. The highest BCUT2D eigenvalue weighted by molar-refractivity contribution is 6.40. The van der Waals surface area contributed by atoms with Gasteiger partial charge in [-0.3, -0.25) is 9.59 Å². The molecule has 2 N–H and O–H groups in total. The summed E-state index contributed by atoms with van der Waals surface area (Å²) in [5.74, 6) is -1.73. The molecule has 1 fully saturated rings. The number of hydrogen-bond acceptors (Lipinski definition) is 4. The molecule has 0 unspecified atom stereocenters. The van der Waals surface area contributed by atoms with Gasteiger partial charge in [0, 0.05) is 5.69 Å². The molecule has 2 amide bonds. The third kappa shape index (κ3) is 3.36. The van der Waals surface area contributed by atoms with Crippen LogP contribution in [0.5, 0.6) is 0 Å². The largest absolute Gasteiger partial charge is 0.329 e. The summed E-state index contributed by atoms with van der Waals surface area (Å²) in [7, 11) is 0. The number of hydrogen-bond donors (Lipinski definition) is 2. The minimum absolute atomic E-state index is 0.185. The Balaban J connectivity index is 2.03. The minimum atomic E-state index is -0.948. The van der Waals surface area contributed by atoms with Gasteiger partial charge in [-0.25, -0.2) is 0 Å². The molecule has 1 aromatic carbocycles. The Morgan fingerprint density at radius 2 is 1.86 bits per heavy atom. The summed E-state index contributed by atoms with van der Waals surface area (Å²) >= 11 is 5.86. The number of nitrogens with zero attached hydrogens (tertiary/aromatic N) is 2. The lowest BCUT2D eigenvalue weighted by molar-refractivity contribution is -0.137. The van der Waals surface area contributed by atoms with Crippen molar-refractivity contribution in [2.24, 2.45) is 0 Å². The first-order valence-electron chi connectivity index (χ1n) is 6.74. The number of anilines is 1. The van der Waals surface area contributed by atoms with Gasteiger partial charge in [0.1, 0.15) is 11.6 Å². The fraction of sp³-hybridized carbons (Fsp3) is 0.333. The van der Waals surface area contributed by atoms with E-state index in [1.807, 2.05) is 6.07 Å². The van der Waals surface area contributed by atoms with Gasteiger partial charge in [-0.2, -0.15) is 10.5 Å². The van der Waals surface area contributed by atoms with Crippen LogP contribution in [-0.2, 0) is 9.59 Å². The molecule has 0 atom stereocenters. The van der Waals surface area contributed by atoms with Crippen LogP contribution in [0.2, 0.25) is 5.02 Å². The molecule has 6 nitrogen and oxygen atoms in total. The lowest BCUT2D eigenvalue weighted by Crippen LogP contribution is -2.49. The van der Waals surface area contributed by atoms with Gasteiger partial charge in [0.25, 0.3) is 0 Å². The number of benzene rings is 1. The monoisotopic (exact) mass is 316 g/mol. The highest BCUT2D eigenvalue weighted by atomic mass is 35.5. The summed E-state index contributed by atoms with van der Waals surface area (Å²) in [5, 5.41) is 23.0. The van der Waals surface area contributed by atoms with Gasteiger partial charge in [0.05, 0.1) is 16.7 Å². The predicted molar refractivity (Wildman–Crippen MR) is 79.8 cm³/mol. The number of carbonyl (C=O) groups excluding carboxylic acids is 2. The molecule has 1 aliphatic carbocycles. The van der Waals surface area contributed by atoms with Crippen LogP contribution >= 0.6 is 11.6 Å². The molecule has 0 aromatic heterocycles. The predicted octanol–water partition coefficient (Wildman–Crippen LogP) is 2.10. The van der Waals surface area contributed by atoms with Gasteiger partial charge in [-0.15, -0.1) is 0 Å². The van der Waals surface area contributed by atoms with E-state index in [9.17, 15) is 14.9 Å². The maximum absolute atomic E-state index is 11.9. The van der Waals surface area contributed by atoms with Gasteiger partial charge in [0.15, 0.2) is 0 Å². The summed E-state index contributed by atoms with van der Waals surface area (Å²) < 4.78 is 0. The molecule has 1 aliphatic rings. The molecule has 0 radical (unpaired) electrons. The normalized spacial score (nSPS) is 15.4. The highest BCUT2D eigenvalue weighted by Crippen LogP contribution is 2.28. The van der Waals surface area contributed by atoms with E-state index in [1.54, 1.807) is 0 Å². The van der Waals surface area contributed by atoms with E-state index in [0.29, 0.717) is 18.5 Å². The summed E-state index contributed by atoms with van der Waals surface area (Å²) in [4.78, 5) is 23.8. The van der Waals surface area contributed by atoms with Crippen molar-refractivity contribution in [1.29, 1.82) is 10.5 Å². The Morgan fingerprint density at radius 1 is 1.18 bits per heavy atom. The summed E-state index contributed by atoms with van der Waals surface area (Å²) in [6.07, 6.45) is 2.79. The van der Waals surface area contributed by atoms with Crippen molar-refractivity contribution in [1.82, 2.24) is 5.32 Å². The maximum atomic E-state index is 11.9. The van der Waals surface area contributed by atoms with Crippen LogP contribution in [-0.4, -0.2) is 17.4 Å². The lowest BCUT2D eigenvalue weighted by atomic mass is 10.00. The average Bonchev–Trinajstić information content (AvgIpc) is 2.96. The smallest absolute Gasteiger partial charge is 0.313 e. The second-order valence-electron chi connectivity index (χ2n) is 5.12. The lowest BCUT2D eigenvalue weighted by Gasteiger charge is -2.21. The molecule has 1 saturated carbocycles. The third-order valence-electron chi connectivity index (χ3n) is 3.58. The van der Waals surface area contributed by atoms with E-state index in [4.69, 9.17) is 16.9 Å². The van der Waals surface area contributed by atoms with Crippen LogP contribution < -0.4 is 10.6 Å². The van der Waals surface area contributed by atoms with Crippen molar-refractivity contribution >= 4 is 29.1 Å². The van der Waals surface area contributed by atoms with Gasteiger partial charge in [-0.05, 0) is 43.9 Å². The average molecular weight is 317 g/mol. The van der Waals surface area contributed by atoms with E-state index < -0.39 is 17.4 Å². The standard InChI is InChI=1S/C15H13ClN4O2/c16-12-7-11(4-3-10(12)8-17)19-13(21)14(22)20-15(9-18)5-1-2-6-15/h3-4,7H,1-2,5-6H2,(H,19,21)(H,20,22). The zero-order chi connectivity index (χ0) is 16.2. The highest BCUT2D eigenvalue weighted by Gasteiger charge is 2.36. The molecular formula is C15H13ClN4O2. The topological polar surface area (TPSA) is 106 Å². The van der Waals surface area contributed by atoms with Gasteiger partial charge in [0.2, 0.25) is 0 Å². The Bertz CT molecular complexity index is 696. The van der Waals surface area contributed by atoms with Crippen LogP contribution in [0, 0.1) is 22.7 Å². The molecule has 1 aromatic rings. The summed E-state index contributed by atoms with van der Waals surface area (Å²) in [6.45, 7) is 0. The number of nitrogens with one attached hydrogen (secondary N) is 2. The van der Waals surface area contributed by atoms with E-state index >= 15 is 0 Å². The second-order valence-corrected chi connectivity index (χ2v) is 5.52. The van der Waals surface area contributed by atoms with E-state index in [-0.39, 0.29) is 10.6 Å². The van der Waals surface area contributed by atoms with E-state index in [0.717, 1.165) is 12.8 Å². The molecule has 0 aliphatic heterocycles.